The van der Waals surface area contributed by atoms with Crippen molar-refractivity contribution in [2.75, 3.05) is 19.6 Å². The van der Waals surface area contributed by atoms with Gasteiger partial charge in [0.15, 0.2) is 0 Å². The van der Waals surface area contributed by atoms with Gasteiger partial charge in [0, 0.05) is 38.0 Å². The Morgan fingerprint density at radius 3 is 2.50 bits per heavy atom. The highest BCUT2D eigenvalue weighted by molar-refractivity contribution is 5.92. The minimum Gasteiger partial charge on any atom is -0.356 e. The van der Waals surface area contributed by atoms with Crippen LogP contribution in [0.25, 0.3) is 22.2 Å². The summed E-state index contributed by atoms with van der Waals surface area (Å²) >= 11 is 0. The zero-order valence-electron chi connectivity index (χ0n) is 18.8. The van der Waals surface area contributed by atoms with Crippen molar-refractivity contribution in [3.05, 3.63) is 59.4 Å². The van der Waals surface area contributed by atoms with Crippen LogP contribution in [0.2, 0.25) is 0 Å². The van der Waals surface area contributed by atoms with E-state index in [2.05, 4.69) is 10.3 Å². The molecular formula is C26H26F3N3O2. The molecule has 0 unspecified atom stereocenters. The van der Waals surface area contributed by atoms with E-state index in [0.29, 0.717) is 42.7 Å². The molecule has 0 bridgehead atoms. The fourth-order valence-corrected chi connectivity index (χ4v) is 5.30. The second kappa shape index (κ2) is 8.81. The molecule has 1 aromatic heterocycles. The molecule has 5 rings (SSSR count). The van der Waals surface area contributed by atoms with Gasteiger partial charge in [-0.05, 0) is 72.6 Å². The number of nitrogens with one attached hydrogen (secondary N) is 2. The summed E-state index contributed by atoms with van der Waals surface area (Å²) in [5.41, 5.74) is 2.45. The number of amides is 2. The van der Waals surface area contributed by atoms with Crippen LogP contribution >= 0.6 is 0 Å². The first-order valence-corrected chi connectivity index (χ1v) is 11.6. The van der Waals surface area contributed by atoms with Gasteiger partial charge >= 0.3 is 0 Å². The summed E-state index contributed by atoms with van der Waals surface area (Å²) in [6.45, 7) is 3.11. The van der Waals surface area contributed by atoms with Crippen LogP contribution in [0.5, 0.6) is 0 Å². The monoisotopic (exact) mass is 469 g/mol. The predicted molar refractivity (Wildman–Crippen MR) is 122 cm³/mol. The Morgan fingerprint density at radius 1 is 1.09 bits per heavy atom. The molecule has 1 aliphatic heterocycles. The van der Waals surface area contributed by atoms with E-state index in [1.807, 2.05) is 0 Å². The Kier molecular flexibility index (Phi) is 5.83. The summed E-state index contributed by atoms with van der Waals surface area (Å²) in [6, 6.07) is 8.13. The first-order valence-electron chi connectivity index (χ1n) is 11.6. The Hall–Kier alpha value is -3.29. The van der Waals surface area contributed by atoms with Crippen LogP contribution in [-0.2, 0) is 9.59 Å². The Morgan fingerprint density at radius 2 is 1.82 bits per heavy atom. The molecule has 0 spiro atoms. The van der Waals surface area contributed by atoms with Gasteiger partial charge in [-0.25, -0.2) is 13.2 Å². The molecule has 1 saturated heterocycles. The molecule has 1 aliphatic carbocycles. The molecule has 178 valence electrons. The van der Waals surface area contributed by atoms with Gasteiger partial charge in [0.1, 0.15) is 17.5 Å². The van der Waals surface area contributed by atoms with Gasteiger partial charge in [0.2, 0.25) is 11.8 Å². The zero-order valence-corrected chi connectivity index (χ0v) is 18.8. The predicted octanol–water partition coefficient (Wildman–Crippen LogP) is 4.73. The number of hydrogen-bond acceptors (Lipinski definition) is 2. The number of carbonyl (C=O) groups excluding carboxylic acids is 2. The van der Waals surface area contributed by atoms with E-state index < -0.39 is 11.6 Å². The molecule has 8 heteroatoms. The number of nitrogens with zero attached hydrogens (tertiary/aromatic N) is 1. The summed E-state index contributed by atoms with van der Waals surface area (Å²) in [5.74, 6) is -1.58. The van der Waals surface area contributed by atoms with E-state index in [0.717, 1.165) is 24.5 Å². The van der Waals surface area contributed by atoms with Crippen molar-refractivity contribution in [3.8, 4) is 11.3 Å². The highest BCUT2D eigenvalue weighted by Crippen LogP contribution is 2.48. The van der Waals surface area contributed by atoms with E-state index in [1.165, 1.54) is 25.1 Å². The summed E-state index contributed by atoms with van der Waals surface area (Å²) in [4.78, 5) is 28.8. The summed E-state index contributed by atoms with van der Waals surface area (Å²) in [5, 5.41) is 3.51. The molecule has 2 heterocycles. The third kappa shape index (κ3) is 4.17. The van der Waals surface area contributed by atoms with Crippen LogP contribution in [0.1, 0.15) is 37.7 Å². The van der Waals surface area contributed by atoms with Crippen molar-refractivity contribution < 1.29 is 22.8 Å². The number of hydrogen-bond donors (Lipinski definition) is 2. The van der Waals surface area contributed by atoms with E-state index in [-0.39, 0.29) is 40.9 Å². The number of aromatic nitrogens is 1. The molecule has 1 saturated carbocycles. The van der Waals surface area contributed by atoms with Crippen LogP contribution in [0, 0.1) is 29.3 Å². The molecule has 3 aromatic rings. The third-order valence-corrected chi connectivity index (χ3v) is 7.21. The van der Waals surface area contributed by atoms with Gasteiger partial charge in [-0.3, -0.25) is 9.59 Å². The second-order valence-corrected chi connectivity index (χ2v) is 9.46. The van der Waals surface area contributed by atoms with Crippen molar-refractivity contribution >= 4 is 22.7 Å². The Bertz CT molecular complexity index is 1250. The van der Waals surface area contributed by atoms with E-state index in [1.54, 1.807) is 17.0 Å². The zero-order chi connectivity index (χ0) is 24.0. The molecule has 2 fully saturated rings. The molecule has 5 nitrogen and oxygen atoms in total. The highest BCUT2D eigenvalue weighted by Gasteiger charge is 2.36. The molecule has 34 heavy (non-hydrogen) atoms. The van der Waals surface area contributed by atoms with Crippen LogP contribution < -0.4 is 5.32 Å². The smallest absolute Gasteiger partial charge is 0.224 e. The number of halogens is 3. The topological polar surface area (TPSA) is 65.2 Å². The van der Waals surface area contributed by atoms with Crippen molar-refractivity contribution in [2.24, 2.45) is 11.8 Å². The minimum absolute atomic E-state index is 0.0132. The lowest BCUT2D eigenvalue weighted by Crippen LogP contribution is -2.39. The van der Waals surface area contributed by atoms with Crippen LogP contribution in [0.15, 0.2) is 36.4 Å². The lowest BCUT2D eigenvalue weighted by molar-refractivity contribution is -0.128. The Balaban J connectivity index is 1.30. The number of fused-ring (bicyclic) bond motifs is 1. The first-order chi connectivity index (χ1) is 16.3. The standard InChI is InChI=1S/C26H26F3N3O2/c1-14(33)32-7-6-17(13-32)26(34)30-12-15-8-18(9-15)23-21-10-20(28)11-22(29)25(21)31-24(23)16-2-4-19(27)5-3-16/h2-5,10-11,15,17-18,31H,6-9,12-13H2,1H3,(H,30,34)/t15-,17-,18-/m1/s1. The first kappa shape index (κ1) is 22.5. The number of likely N-dealkylation sites (tertiary alicyclic amines) is 1. The molecule has 2 N–H and O–H groups in total. The number of benzene rings is 2. The molecule has 2 aliphatic rings. The van der Waals surface area contributed by atoms with Crippen molar-refractivity contribution in [3.63, 3.8) is 0 Å². The van der Waals surface area contributed by atoms with Crippen molar-refractivity contribution in [1.82, 2.24) is 15.2 Å². The van der Waals surface area contributed by atoms with Crippen molar-refractivity contribution in [2.45, 2.75) is 32.1 Å². The second-order valence-electron chi connectivity index (χ2n) is 9.46. The lowest BCUT2D eigenvalue weighted by Gasteiger charge is -2.36. The number of carbonyl (C=O) groups is 2. The quantitative estimate of drug-likeness (QED) is 0.568. The van der Waals surface area contributed by atoms with Gasteiger partial charge in [0.25, 0.3) is 0 Å². The number of rotatable bonds is 5. The van der Waals surface area contributed by atoms with Crippen LogP contribution in [-0.4, -0.2) is 41.3 Å². The molecule has 2 aromatic carbocycles. The molecule has 2 amide bonds. The van der Waals surface area contributed by atoms with Crippen LogP contribution in [0.3, 0.4) is 0 Å². The SMILES string of the molecule is CC(=O)N1CC[C@@H](C(=O)NC[C@H]2C[C@H](c3c(-c4ccc(F)cc4)[nH]c4c(F)cc(F)cc43)C2)C1. The van der Waals surface area contributed by atoms with Gasteiger partial charge in [0.05, 0.1) is 17.1 Å². The van der Waals surface area contributed by atoms with Gasteiger partial charge in [-0.1, -0.05) is 0 Å². The fraction of sp³-hybridized carbons (Fsp3) is 0.385. The molecule has 0 radical (unpaired) electrons. The van der Waals surface area contributed by atoms with Gasteiger partial charge in [-0.2, -0.15) is 0 Å². The summed E-state index contributed by atoms with van der Waals surface area (Å²) in [6.07, 6.45) is 2.21. The maximum absolute atomic E-state index is 14.5. The molecule has 1 atom stereocenters. The maximum Gasteiger partial charge on any atom is 0.224 e. The van der Waals surface area contributed by atoms with Gasteiger partial charge < -0.3 is 15.2 Å². The summed E-state index contributed by atoms with van der Waals surface area (Å²) in [7, 11) is 0. The maximum atomic E-state index is 14.5. The van der Waals surface area contributed by atoms with E-state index in [4.69, 9.17) is 0 Å². The lowest BCUT2D eigenvalue weighted by atomic mass is 9.70. The van der Waals surface area contributed by atoms with Gasteiger partial charge in [-0.15, -0.1) is 0 Å². The highest BCUT2D eigenvalue weighted by atomic mass is 19.1. The third-order valence-electron chi connectivity index (χ3n) is 7.21. The largest absolute Gasteiger partial charge is 0.356 e. The summed E-state index contributed by atoms with van der Waals surface area (Å²) < 4.78 is 42.0. The fourth-order valence-electron chi connectivity index (χ4n) is 5.30. The van der Waals surface area contributed by atoms with Crippen molar-refractivity contribution in [1.29, 1.82) is 0 Å². The average molecular weight is 470 g/mol. The minimum atomic E-state index is -0.663. The average Bonchev–Trinajstić information content (AvgIpc) is 3.39. The normalized spacial score (nSPS) is 22.1. The number of aromatic amines is 1. The molecular weight excluding hydrogens is 443 g/mol. The van der Waals surface area contributed by atoms with Crippen LogP contribution in [0.4, 0.5) is 13.2 Å². The van der Waals surface area contributed by atoms with E-state index >= 15 is 0 Å². The number of H-pyrrole nitrogens is 1. The van der Waals surface area contributed by atoms with E-state index in [9.17, 15) is 22.8 Å². The Labute approximate surface area is 195 Å².